The fraction of sp³-hybridized carbons (Fsp3) is 0.353. The molecule has 132 valence electrons. The van der Waals surface area contributed by atoms with Crippen LogP contribution < -0.4 is 5.56 Å². The van der Waals surface area contributed by atoms with Crippen LogP contribution in [0.3, 0.4) is 0 Å². The topological polar surface area (TPSA) is 87.2 Å². The minimum atomic E-state index is -0.114. The van der Waals surface area contributed by atoms with Gasteiger partial charge in [-0.3, -0.25) is 4.79 Å². The van der Waals surface area contributed by atoms with Gasteiger partial charge < -0.3 is 4.74 Å². The van der Waals surface area contributed by atoms with Crippen LogP contribution >= 0.6 is 11.3 Å². The molecule has 0 amide bonds. The Morgan fingerprint density at radius 2 is 2.08 bits per heavy atom. The third kappa shape index (κ3) is 2.43. The van der Waals surface area contributed by atoms with E-state index in [1.165, 1.54) is 16.0 Å². The van der Waals surface area contributed by atoms with Crippen molar-refractivity contribution in [2.75, 3.05) is 6.61 Å². The van der Waals surface area contributed by atoms with Gasteiger partial charge in [-0.05, 0) is 25.8 Å². The van der Waals surface area contributed by atoms with Crippen LogP contribution in [0.25, 0.3) is 15.7 Å². The van der Waals surface area contributed by atoms with Gasteiger partial charge in [-0.15, -0.1) is 10.2 Å². The summed E-state index contributed by atoms with van der Waals surface area (Å²) in [6.07, 6.45) is 1.90. The highest BCUT2D eigenvalue weighted by Gasteiger charge is 2.25. The highest BCUT2D eigenvalue weighted by molar-refractivity contribution is 7.16. The lowest BCUT2D eigenvalue weighted by molar-refractivity contribution is 0.103. The van der Waals surface area contributed by atoms with E-state index in [-0.39, 0.29) is 11.7 Å². The summed E-state index contributed by atoms with van der Waals surface area (Å²) >= 11 is 1.41. The molecule has 1 atom stereocenters. The number of aromatic nitrogens is 6. The van der Waals surface area contributed by atoms with Gasteiger partial charge in [-0.25, -0.2) is 4.68 Å². The van der Waals surface area contributed by atoms with E-state index in [9.17, 15) is 4.79 Å². The molecule has 4 aromatic rings. The molecule has 0 aliphatic carbocycles. The van der Waals surface area contributed by atoms with Gasteiger partial charge in [0.05, 0.1) is 17.6 Å². The first kappa shape index (κ1) is 15.6. The molecule has 0 saturated carbocycles. The first-order valence-corrected chi connectivity index (χ1v) is 9.31. The smallest absolute Gasteiger partial charge is 0.275 e. The summed E-state index contributed by atoms with van der Waals surface area (Å²) in [6, 6.07) is 7.53. The monoisotopic (exact) mass is 368 g/mol. The fourth-order valence-corrected chi connectivity index (χ4v) is 4.18. The van der Waals surface area contributed by atoms with Gasteiger partial charge in [0.1, 0.15) is 11.1 Å². The first-order valence-electron chi connectivity index (χ1n) is 8.50. The summed E-state index contributed by atoms with van der Waals surface area (Å²) in [7, 11) is 0. The van der Waals surface area contributed by atoms with Crippen molar-refractivity contribution in [2.24, 2.45) is 0 Å². The van der Waals surface area contributed by atoms with Crippen molar-refractivity contribution >= 4 is 27.1 Å². The van der Waals surface area contributed by atoms with E-state index in [0.717, 1.165) is 41.4 Å². The molecule has 9 heteroatoms. The van der Waals surface area contributed by atoms with Crippen LogP contribution in [0.15, 0.2) is 29.1 Å². The minimum absolute atomic E-state index is 0.0521. The molecule has 26 heavy (non-hydrogen) atoms. The lowest BCUT2D eigenvalue weighted by Gasteiger charge is -2.07. The Labute approximate surface area is 152 Å². The fourth-order valence-electron chi connectivity index (χ4n) is 3.36. The maximum atomic E-state index is 12.7. The van der Waals surface area contributed by atoms with Crippen LogP contribution in [-0.2, 0) is 11.3 Å². The Hall–Kier alpha value is -2.65. The van der Waals surface area contributed by atoms with E-state index in [2.05, 4.69) is 20.4 Å². The number of hydrogen-bond acceptors (Lipinski definition) is 7. The zero-order chi connectivity index (χ0) is 17.7. The van der Waals surface area contributed by atoms with Crippen LogP contribution in [0.1, 0.15) is 35.5 Å². The summed E-state index contributed by atoms with van der Waals surface area (Å²) < 4.78 is 8.89. The van der Waals surface area contributed by atoms with E-state index >= 15 is 0 Å². The summed E-state index contributed by atoms with van der Waals surface area (Å²) in [5.74, 6) is 0.731. The third-order valence-electron chi connectivity index (χ3n) is 4.61. The van der Waals surface area contributed by atoms with Gasteiger partial charge in [0.15, 0.2) is 5.82 Å². The van der Waals surface area contributed by atoms with Gasteiger partial charge in [0.25, 0.3) is 5.56 Å². The molecule has 1 fully saturated rings. The predicted octanol–water partition coefficient (Wildman–Crippen LogP) is 2.10. The largest absolute Gasteiger partial charge is 0.370 e. The molecule has 8 nitrogen and oxygen atoms in total. The molecule has 1 aliphatic rings. The molecule has 5 rings (SSSR count). The van der Waals surface area contributed by atoms with Crippen molar-refractivity contribution in [3.05, 3.63) is 51.1 Å². The molecular weight excluding hydrogens is 352 g/mol. The van der Waals surface area contributed by atoms with E-state index in [0.29, 0.717) is 16.9 Å². The van der Waals surface area contributed by atoms with Gasteiger partial charge in [-0.2, -0.15) is 14.7 Å². The number of fused-ring (bicyclic) bond motifs is 2. The zero-order valence-electron chi connectivity index (χ0n) is 14.1. The number of hydrogen-bond donors (Lipinski definition) is 0. The summed E-state index contributed by atoms with van der Waals surface area (Å²) in [4.78, 5) is 13.4. The van der Waals surface area contributed by atoms with Crippen LogP contribution in [0.5, 0.6) is 0 Å². The second-order valence-corrected chi connectivity index (χ2v) is 7.38. The SMILES string of the molecule is Cc1nn(Cc2nn3c(C4CCCO4)nnc3s2)c(=O)c2ccccc12. The van der Waals surface area contributed by atoms with E-state index < -0.39 is 0 Å². The molecule has 0 bridgehead atoms. The van der Waals surface area contributed by atoms with Gasteiger partial charge in [-0.1, -0.05) is 29.5 Å². The van der Waals surface area contributed by atoms with Crippen LogP contribution in [-0.4, -0.2) is 36.2 Å². The van der Waals surface area contributed by atoms with Crippen molar-refractivity contribution in [2.45, 2.75) is 32.4 Å². The Kier molecular flexibility index (Phi) is 3.57. The quantitative estimate of drug-likeness (QED) is 0.550. The molecule has 0 spiro atoms. The van der Waals surface area contributed by atoms with Crippen molar-refractivity contribution in [1.82, 2.24) is 29.6 Å². The maximum Gasteiger partial charge on any atom is 0.275 e. The Morgan fingerprint density at radius 3 is 2.88 bits per heavy atom. The average molecular weight is 368 g/mol. The number of ether oxygens (including phenoxy) is 1. The minimum Gasteiger partial charge on any atom is -0.370 e. The first-order chi connectivity index (χ1) is 12.7. The molecular formula is C17H16N6O2S. The molecule has 1 saturated heterocycles. The third-order valence-corrected chi connectivity index (χ3v) is 5.50. The van der Waals surface area contributed by atoms with Gasteiger partial charge in [0, 0.05) is 12.0 Å². The lowest BCUT2D eigenvalue weighted by atomic mass is 10.1. The molecule has 0 N–H and O–H groups in total. The predicted molar refractivity (Wildman–Crippen MR) is 96.4 cm³/mol. The molecule has 1 aromatic carbocycles. The summed E-state index contributed by atoms with van der Waals surface area (Å²) in [5, 5.41) is 19.8. The number of nitrogens with zero attached hydrogens (tertiary/aromatic N) is 6. The van der Waals surface area contributed by atoms with Crippen LogP contribution in [0.2, 0.25) is 0 Å². The lowest BCUT2D eigenvalue weighted by Crippen LogP contribution is -2.24. The standard InChI is InChI=1S/C17H16N6O2S/c1-10-11-5-2-3-6-12(11)16(24)22(20-10)9-14-21-23-15(13-7-4-8-25-13)18-19-17(23)26-14/h2-3,5-6,13H,4,7-9H2,1H3. The van der Waals surface area contributed by atoms with Crippen molar-refractivity contribution < 1.29 is 4.74 Å². The normalized spacial score (nSPS) is 17.5. The highest BCUT2D eigenvalue weighted by atomic mass is 32.1. The van der Waals surface area contributed by atoms with E-state index in [1.807, 2.05) is 31.2 Å². The summed E-state index contributed by atoms with van der Waals surface area (Å²) in [6.45, 7) is 2.96. The zero-order valence-corrected chi connectivity index (χ0v) is 14.9. The Balaban J connectivity index is 1.54. The van der Waals surface area contributed by atoms with Gasteiger partial charge in [0.2, 0.25) is 4.96 Å². The number of aryl methyl sites for hydroxylation is 1. The van der Waals surface area contributed by atoms with Crippen LogP contribution in [0, 0.1) is 6.92 Å². The van der Waals surface area contributed by atoms with Crippen LogP contribution in [0.4, 0.5) is 0 Å². The summed E-state index contributed by atoms with van der Waals surface area (Å²) in [5.41, 5.74) is 0.708. The second-order valence-electron chi connectivity index (χ2n) is 6.34. The van der Waals surface area contributed by atoms with Crippen molar-refractivity contribution in [3.63, 3.8) is 0 Å². The highest BCUT2D eigenvalue weighted by Crippen LogP contribution is 2.28. The molecule has 1 aliphatic heterocycles. The number of benzene rings is 1. The average Bonchev–Trinajstić information content (AvgIpc) is 3.36. The van der Waals surface area contributed by atoms with Crippen molar-refractivity contribution in [3.8, 4) is 0 Å². The number of rotatable bonds is 3. The Morgan fingerprint density at radius 1 is 1.23 bits per heavy atom. The molecule has 1 unspecified atom stereocenters. The van der Waals surface area contributed by atoms with E-state index in [1.54, 1.807) is 4.52 Å². The maximum absolute atomic E-state index is 12.7. The second kappa shape index (κ2) is 5.96. The van der Waals surface area contributed by atoms with Gasteiger partial charge >= 0.3 is 0 Å². The molecule has 0 radical (unpaired) electrons. The molecule has 3 aromatic heterocycles. The molecule has 4 heterocycles. The van der Waals surface area contributed by atoms with E-state index in [4.69, 9.17) is 4.74 Å². The Bertz CT molecular complexity index is 1170. The van der Waals surface area contributed by atoms with Crippen molar-refractivity contribution in [1.29, 1.82) is 0 Å².